The molecule has 0 radical (unpaired) electrons. The van der Waals surface area contributed by atoms with Crippen molar-refractivity contribution in [1.82, 2.24) is 20.0 Å². The lowest BCUT2D eigenvalue weighted by molar-refractivity contribution is -0.128. The highest BCUT2D eigenvalue weighted by Crippen LogP contribution is 1.93. The van der Waals surface area contributed by atoms with Crippen LogP contribution in [0, 0.1) is 0 Å². The van der Waals surface area contributed by atoms with Gasteiger partial charge in [-0.3, -0.25) is 9.48 Å². The maximum absolute atomic E-state index is 11.4. The van der Waals surface area contributed by atoms with Crippen molar-refractivity contribution in [3.8, 4) is 0 Å². The van der Waals surface area contributed by atoms with Gasteiger partial charge >= 0.3 is 0 Å². The number of carbonyl (C=O) groups is 1. The van der Waals surface area contributed by atoms with Gasteiger partial charge in [0.2, 0.25) is 5.91 Å². The van der Waals surface area contributed by atoms with Gasteiger partial charge in [0.25, 0.3) is 0 Å². The zero-order valence-electron chi connectivity index (χ0n) is 10.2. The Morgan fingerprint density at radius 3 is 2.94 bits per heavy atom. The summed E-state index contributed by atoms with van der Waals surface area (Å²) in [6, 6.07) is 1.99. The molecule has 0 atom stereocenters. The molecule has 0 saturated heterocycles. The van der Waals surface area contributed by atoms with Crippen molar-refractivity contribution in [2.45, 2.75) is 13.3 Å². The van der Waals surface area contributed by atoms with Gasteiger partial charge in [0.05, 0.1) is 12.2 Å². The topological polar surface area (TPSA) is 50.2 Å². The van der Waals surface area contributed by atoms with Crippen LogP contribution in [0.5, 0.6) is 0 Å². The summed E-state index contributed by atoms with van der Waals surface area (Å²) in [6.07, 6.45) is 2.77. The summed E-state index contributed by atoms with van der Waals surface area (Å²) in [5.74, 6) is 0.128. The highest BCUT2D eigenvalue weighted by Gasteiger charge is 2.05. The molecule has 5 heteroatoms. The van der Waals surface area contributed by atoms with Gasteiger partial charge in [-0.2, -0.15) is 5.10 Å². The number of aryl methyl sites for hydroxylation is 1. The molecule has 0 aliphatic rings. The summed E-state index contributed by atoms with van der Waals surface area (Å²) in [4.78, 5) is 13.1. The van der Waals surface area contributed by atoms with Crippen molar-refractivity contribution < 1.29 is 4.79 Å². The van der Waals surface area contributed by atoms with Crippen molar-refractivity contribution in [3.63, 3.8) is 0 Å². The molecule has 1 N–H and O–H groups in total. The number of likely N-dealkylation sites (N-methyl/N-ethyl adjacent to an activating group) is 1. The molecule has 0 spiro atoms. The first kappa shape index (κ1) is 12.7. The average Bonchev–Trinajstić information content (AvgIpc) is 2.69. The fourth-order valence-electron chi connectivity index (χ4n) is 1.32. The average molecular weight is 224 g/mol. The van der Waals surface area contributed by atoms with Crippen molar-refractivity contribution in [3.05, 3.63) is 18.0 Å². The highest BCUT2D eigenvalue weighted by atomic mass is 16.2. The zero-order chi connectivity index (χ0) is 12.0. The van der Waals surface area contributed by atoms with E-state index in [0.29, 0.717) is 6.54 Å². The van der Waals surface area contributed by atoms with Gasteiger partial charge in [0.1, 0.15) is 0 Å². The van der Waals surface area contributed by atoms with E-state index in [0.717, 1.165) is 25.2 Å². The maximum Gasteiger partial charge on any atom is 0.236 e. The number of carbonyl (C=O) groups excluding carboxylic acids is 1. The Balaban J connectivity index is 2.15. The smallest absolute Gasteiger partial charge is 0.236 e. The van der Waals surface area contributed by atoms with Crippen molar-refractivity contribution in [2.75, 3.05) is 26.7 Å². The number of rotatable bonds is 6. The molecule has 1 aromatic rings. The van der Waals surface area contributed by atoms with Crippen LogP contribution in [-0.2, 0) is 18.3 Å². The summed E-state index contributed by atoms with van der Waals surface area (Å²) in [6.45, 7) is 3.89. The second-order valence-electron chi connectivity index (χ2n) is 3.82. The Bertz CT molecular complexity index is 334. The normalized spacial score (nSPS) is 10.4. The Hall–Kier alpha value is -1.36. The molecule has 0 bridgehead atoms. The molecule has 1 amide bonds. The molecule has 0 unspecified atom stereocenters. The minimum absolute atomic E-state index is 0.128. The number of amides is 1. The van der Waals surface area contributed by atoms with Gasteiger partial charge < -0.3 is 10.2 Å². The van der Waals surface area contributed by atoms with E-state index in [1.165, 1.54) is 0 Å². The summed E-state index contributed by atoms with van der Waals surface area (Å²) < 4.78 is 1.78. The molecule has 1 rings (SSSR count). The number of hydrogen-bond donors (Lipinski definition) is 1. The number of aromatic nitrogens is 2. The Labute approximate surface area is 96.4 Å². The molecular weight excluding hydrogens is 204 g/mol. The molecule has 0 fully saturated rings. The van der Waals surface area contributed by atoms with Gasteiger partial charge in [-0.15, -0.1) is 0 Å². The fourth-order valence-corrected chi connectivity index (χ4v) is 1.32. The summed E-state index contributed by atoms with van der Waals surface area (Å²) >= 11 is 0. The predicted octanol–water partition coefficient (Wildman–Crippen LogP) is 0.0305. The van der Waals surface area contributed by atoms with Gasteiger partial charge in [-0.25, -0.2) is 0 Å². The molecule has 16 heavy (non-hydrogen) atoms. The first-order chi connectivity index (χ1) is 7.63. The van der Waals surface area contributed by atoms with Crippen LogP contribution in [-0.4, -0.2) is 47.3 Å². The van der Waals surface area contributed by atoms with E-state index in [4.69, 9.17) is 0 Å². The van der Waals surface area contributed by atoms with Gasteiger partial charge in [-0.1, -0.05) is 0 Å². The molecule has 1 aromatic heterocycles. The van der Waals surface area contributed by atoms with Crippen LogP contribution in [0.3, 0.4) is 0 Å². The summed E-state index contributed by atoms with van der Waals surface area (Å²) in [5.41, 5.74) is 1.05. The number of nitrogens with one attached hydrogen (secondary N) is 1. The van der Waals surface area contributed by atoms with Crippen LogP contribution in [0.15, 0.2) is 12.3 Å². The predicted molar refractivity (Wildman–Crippen MR) is 63.1 cm³/mol. The quantitative estimate of drug-likeness (QED) is 0.694. The van der Waals surface area contributed by atoms with Crippen LogP contribution in [0.1, 0.15) is 12.6 Å². The SMILES string of the molecule is CCN(C)C(=O)CNCCc1ccn(C)n1. The van der Waals surface area contributed by atoms with Crippen LogP contribution >= 0.6 is 0 Å². The molecular formula is C11H20N4O. The minimum Gasteiger partial charge on any atom is -0.345 e. The number of nitrogens with zero attached hydrogens (tertiary/aromatic N) is 3. The lowest BCUT2D eigenvalue weighted by Crippen LogP contribution is -2.36. The maximum atomic E-state index is 11.4. The first-order valence-electron chi connectivity index (χ1n) is 5.56. The summed E-state index contributed by atoms with van der Waals surface area (Å²) in [7, 11) is 3.71. The standard InChI is InChI=1S/C11H20N4O/c1-4-14(2)11(16)9-12-7-5-10-6-8-15(3)13-10/h6,8,12H,4-5,7,9H2,1-3H3. The van der Waals surface area contributed by atoms with Crippen molar-refractivity contribution in [1.29, 1.82) is 0 Å². The zero-order valence-corrected chi connectivity index (χ0v) is 10.2. The Kier molecular flexibility index (Phi) is 4.98. The lowest BCUT2D eigenvalue weighted by atomic mass is 10.3. The van der Waals surface area contributed by atoms with Crippen molar-refractivity contribution >= 4 is 5.91 Å². The van der Waals surface area contributed by atoms with Crippen LogP contribution in [0.2, 0.25) is 0 Å². The van der Waals surface area contributed by atoms with Gasteiger partial charge in [0.15, 0.2) is 0 Å². The minimum atomic E-state index is 0.128. The van der Waals surface area contributed by atoms with Crippen LogP contribution in [0.4, 0.5) is 0 Å². The third-order valence-corrected chi connectivity index (χ3v) is 2.50. The van der Waals surface area contributed by atoms with Crippen LogP contribution < -0.4 is 5.32 Å². The molecule has 0 aromatic carbocycles. The van der Waals surface area contributed by atoms with E-state index >= 15 is 0 Å². The first-order valence-corrected chi connectivity index (χ1v) is 5.56. The third-order valence-electron chi connectivity index (χ3n) is 2.50. The van der Waals surface area contributed by atoms with Gasteiger partial charge in [-0.05, 0) is 13.0 Å². The lowest BCUT2D eigenvalue weighted by Gasteiger charge is -2.14. The van der Waals surface area contributed by atoms with Crippen molar-refractivity contribution in [2.24, 2.45) is 7.05 Å². The second-order valence-corrected chi connectivity index (χ2v) is 3.82. The van der Waals surface area contributed by atoms with Crippen LogP contribution in [0.25, 0.3) is 0 Å². The Morgan fingerprint density at radius 1 is 1.62 bits per heavy atom. The monoisotopic (exact) mass is 224 g/mol. The molecule has 90 valence electrons. The third kappa shape index (κ3) is 4.02. The van der Waals surface area contributed by atoms with E-state index < -0.39 is 0 Å². The second kappa shape index (κ2) is 6.27. The fraction of sp³-hybridized carbons (Fsp3) is 0.636. The molecule has 0 saturated carbocycles. The molecule has 0 aliphatic heterocycles. The molecule has 5 nitrogen and oxygen atoms in total. The molecule has 1 heterocycles. The van der Waals surface area contributed by atoms with E-state index in [9.17, 15) is 4.79 Å². The highest BCUT2D eigenvalue weighted by molar-refractivity contribution is 5.77. The summed E-state index contributed by atoms with van der Waals surface area (Å²) in [5, 5.41) is 7.38. The largest absolute Gasteiger partial charge is 0.345 e. The molecule has 0 aliphatic carbocycles. The van der Waals surface area contributed by atoms with E-state index in [2.05, 4.69) is 10.4 Å². The van der Waals surface area contributed by atoms with E-state index in [1.807, 2.05) is 33.3 Å². The van der Waals surface area contributed by atoms with Gasteiger partial charge in [0, 0.05) is 39.8 Å². The van der Waals surface area contributed by atoms with E-state index in [-0.39, 0.29) is 5.91 Å². The Morgan fingerprint density at radius 2 is 2.38 bits per heavy atom. The van der Waals surface area contributed by atoms with E-state index in [1.54, 1.807) is 9.58 Å². The number of hydrogen-bond acceptors (Lipinski definition) is 3.